The molecule has 0 aliphatic heterocycles. The molecule has 0 fully saturated rings. The lowest BCUT2D eigenvalue weighted by Gasteiger charge is -2.01. The highest BCUT2D eigenvalue weighted by Gasteiger charge is 2.04. The van der Waals surface area contributed by atoms with Gasteiger partial charge in [-0.1, -0.05) is 42.1 Å². The van der Waals surface area contributed by atoms with Gasteiger partial charge in [0.2, 0.25) is 0 Å². The summed E-state index contributed by atoms with van der Waals surface area (Å²) in [6, 6.07) is 9.33. The molecule has 0 unspecified atom stereocenters. The summed E-state index contributed by atoms with van der Waals surface area (Å²) in [5, 5.41) is 8.07. The molecule has 0 aromatic heterocycles. The first-order chi connectivity index (χ1) is 6.74. The highest BCUT2D eigenvalue weighted by Crippen LogP contribution is 2.11. The summed E-state index contributed by atoms with van der Waals surface area (Å²) >= 11 is 6.56. The smallest absolute Gasteiger partial charge is 0.157 e. The first-order valence-electron chi connectivity index (χ1n) is 4.08. The first kappa shape index (κ1) is 11.3. The van der Waals surface area contributed by atoms with Gasteiger partial charge in [0.05, 0.1) is 16.7 Å². The maximum absolute atomic E-state index is 10.9. The number of nitrogens with one attached hydrogen (secondary N) is 1. The van der Waals surface area contributed by atoms with Gasteiger partial charge in [0.1, 0.15) is 0 Å². The largest absolute Gasteiger partial charge is 0.297 e. The molecule has 0 heterocycles. The monoisotopic (exact) mass is 227 g/mol. The van der Waals surface area contributed by atoms with Gasteiger partial charge in [0.25, 0.3) is 0 Å². The SMILES string of the molecule is N=C(SCC(=O)CCl)c1ccccc1. The summed E-state index contributed by atoms with van der Waals surface area (Å²) in [5.74, 6) is 0.254. The molecular weight excluding hydrogens is 218 g/mol. The van der Waals surface area contributed by atoms with Gasteiger partial charge >= 0.3 is 0 Å². The summed E-state index contributed by atoms with van der Waals surface area (Å²) < 4.78 is 0. The average Bonchev–Trinajstić information content (AvgIpc) is 2.26. The highest BCUT2D eigenvalue weighted by molar-refractivity contribution is 8.14. The number of thioether (sulfide) groups is 1. The summed E-state index contributed by atoms with van der Waals surface area (Å²) in [6.45, 7) is 0. The van der Waals surface area contributed by atoms with E-state index in [-0.39, 0.29) is 17.4 Å². The molecule has 4 heteroatoms. The van der Waals surface area contributed by atoms with Crippen molar-refractivity contribution in [3.05, 3.63) is 35.9 Å². The minimum Gasteiger partial charge on any atom is -0.297 e. The van der Waals surface area contributed by atoms with Crippen LogP contribution in [0.2, 0.25) is 0 Å². The van der Waals surface area contributed by atoms with E-state index in [0.717, 1.165) is 5.56 Å². The number of Topliss-reactive ketones (excluding diaryl/α,β-unsaturated/α-hetero) is 1. The molecule has 0 amide bonds. The molecule has 0 radical (unpaired) electrons. The number of rotatable bonds is 4. The minimum absolute atomic E-state index is 0.0229. The maximum Gasteiger partial charge on any atom is 0.157 e. The Hall–Kier alpha value is -0.800. The second kappa shape index (κ2) is 5.83. The average molecular weight is 228 g/mol. The van der Waals surface area contributed by atoms with Crippen LogP contribution in [0.15, 0.2) is 30.3 Å². The van der Waals surface area contributed by atoms with E-state index in [4.69, 9.17) is 17.0 Å². The van der Waals surface area contributed by atoms with E-state index in [0.29, 0.717) is 5.04 Å². The third-order valence-corrected chi connectivity index (χ3v) is 2.85. The number of hydrogen-bond donors (Lipinski definition) is 1. The molecule has 0 atom stereocenters. The Morgan fingerprint density at radius 2 is 2.00 bits per heavy atom. The lowest BCUT2D eigenvalue weighted by Crippen LogP contribution is -2.05. The highest BCUT2D eigenvalue weighted by atomic mass is 35.5. The topological polar surface area (TPSA) is 40.9 Å². The van der Waals surface area contributed by atoms with E-state index in [2.05, 4.69) is 0 Å². The molecule has 0 aliphatic rings. The van der Waals surface area contributed by atoms with Crippen molar-refractivity contribution in [2.24, 2.45) is 0 Å². The van der Waals surface area contributed by atoms with E-state index in [1.807, 2.05) is 30.3 Å². The van der Waals surface area contributed by atoms with Crippen molar-refractivity contribution in [2.75, 3.05) is 11.6 Å². The molecule has 1 N–H and O–H groups in total. The van der Waals surface area contributed by atoms with Gasteiger partial charge in [-0.05, 0) is 0 Å². The molecule has 74 valence electrons. The first-order valence-corrected chi connectivity index (χ1v) is 5.60. The van der Waals surface area contributed by atoms with Crippen LogP contribution in [0, 0.1) is 5.41 Å². The zero-order valence-corrected chi connectivity index (χ0v) is 9.07. The standard InChI is InChI=1S/C10H10ClNOS/c11-6-9(13)7-14-10(12)8-4-2-1-3-5-8/h1-5,12H,6-7H2. The zero-order chi connectivity index (χ0) is 10.4. The quantitative estimate of drug-likeness (QED) is 0.488. The minimum atomic E-state index is -0.0441. The van der Waals surface area contributed by atoms with Crippen LogP contribution in [0.5, 0.6) is 0 Å². The van der Waals surface area contributed by atoms with Crippen molar-refractivity contribution < 1.29 is 4.79 Å². The Morgan fingerprint density at radius 3 is 2.57 bits per heavy atom. The second-order valence-electron chi connectivity index (χ2n) is 2.66. The molecule has 1 rings (SSSR count). The number of carbonyl (C=O) groups is 1. The Morgan fingerprint density at radius 1 is 1.36 bits per heavy atom. The van der Waals surface area contributed by atoms with Crippen LogP contribution >= 0.6 is 23.4 Å². The second-order valence-corrected chi connectivity index (χ2v) is 3.91. The van der Waals surface area contributed by atoms with Crippen LogP contribution in [0.1, 0.15) is 5.56 Å². The number of alkyl halides is 1. The third-order valence-electron chi connectivity index (χ3n) is 1.56. The molecular formula is C10H10ClNOS. The molecule has 0 spiro atoms. The van der Waals surface area contributed by atoms with Crippen molar-refractivity contribution in [2.45, 2.75) is 0 Å². The third kappa shape index (κ3) is 3.52. The number of benzene rings is 1. The van der Waals surface area contributed by atoms with Gasteiger partial charge < -0.3 is 0 Å². The van der Waals surface area contributed by atoms with Gasteiger partial charge in [-0.2, -0.15) is 0 Å². The van der Waals surface area contributed by atoms with Crippen LogP contribution < -0.4 is 0 Å². The van der Waals surface area contributed by atoms with E-state index >= 15 is 0 Å². The van der Waals surface area contributed by atoms with Crippen molar-refractivity contribution in [3.63, 3.8) is 0 Å². The van der Waals surface area contributed by atoms with Gasteiger partial charge in [0.15, 0.2) is 5.78 Å². The maximum atomic E-state index is 10.9. The van der Waals surface area contributed by atoms with E-state index in [1.54, 1.807) is 0 Å². The Labute approximate surface area is 92.2 Å². The summed E-state index contributed by atoms with van der Waals surface area (Å²) in [7, 11) is 0. The zero-order valence-electron chi connectivity index (χ0n) is 7.50. The van der Waals surface area contributed by atoms with Crippen molar-refractivity contribution >= 4 is 34.2 Å². The number of carbonyl (C=O) groups excluding carboxylic acids is 1. The van der Waals surface area contributed by atoms with Gasteiger partial charge in [-0.15, -0.1) is 11.6 Å². The fraction of sp³-hybridized carbons (Fsp3) is 0.200. The van der Waals surface area contributed by atoms with E-state index < -0.39 is 0 Å². The number of halogens is 1. The molecule has 1 aromatic carbocycles. The Bertz CT molecular complexity index is 326. The van der Waals surface area contributed by atoms with Gasteiger partial charge in [0, 0.05) is 5.56 Å². The lowest BCUT2D eigenvalue weighted by atomic mass is 10.2. The predicted molar refractivity (Wildman–Crippen MR) is 61.5 cm³/mol. The molecule has 2 nitrogen and oxygen atoms in total. The summed E-state index contributed by atoms with van der Waals surface area (Å²) in [6.07, 6.45) is 0. The Balaban J connectivity index is 2.48. The van der Waals surface area contributed by atoms with Crippen molar-refractivity contribution in [1.82, 2.24) is 0 Å². The number of ketones is 1. The summed E-state index contributed by atoms with van der Waals surface area (Å²) in [5.41, 5.74) is 0.833. The lowest BCUT2D eigenvalue weighted by molar-refractivity contribution is -0.114. The Kier molecular flexibility index (Phi) is 4.70. The normalized spacial score (nSPS) is 9.79. The van der Waals surface area contributed by atoms with Gasteiger partial charge in [-0.25, -0.2) is 0 Å². The van der Waals surface area contributed by atoms with Crippen molar-refractivity contribution in [1.29, 1.82) is 5.41 Å². The van der Waals surface area contributed by atoms with Crippen LogP contribution in [0.25, 0.3) is 0 Å². The summed E-state index contributed by atoms with van der Waals surface area (Å²) in [4.78, 5) is 10.9. The van der Waals surface area contributed by atoms with Crippen LogP contribution in [-0.4, -0.2) is 22.5 Å². The van der Waals surface area contributed by atoms with E-state index in [1.165, 1.54) is 11.8 Å². The predicted octanol–water partition coefficient (Wildman–Crippen LogP) is 2.55. The van der Waals surface area contributed by atoms with Gasteiger partial charge in [-0.3, -0.25) is 10.2 Å². The fourth-order valence-electron chi connectivity index (χ4n) is 0.864. The molecule has 0 bridgehead atoms. The number of hydrogen-bond acceptors (Lipinski definition) is 3. The van der Waals surface area contributed by atoms with Crippen LogP contribution in [0.4, 0.5) is 0 Å². The molecule has 1 aromatic rings. The van der Waals surface area contributed by atoms with Crippen LogP contribution in [0.3, 0.4) is 0 Å². The van der Waals surface area contributed by atoms with E-state index in [9.17, 15) is 4.79 Å². The van der Waals surface area contributed by atoms with Crippen LogP contribution in [-0.2, 0) is 4.79 Å². The molecule has 14 heavy (non-hydrogen) atoms. The molecule has 0 saturated heterocycles. The fourth-order valence-corrected chi connectivity index (χ4v) is 1.78. The van der Waals surface area contributed by atoms with Crippen molar-refractivity contribution in [3.8, 4) is 0 Å². The molecule has 0 saturated carbocycles. The molecule has 0 aliphatic carbocycles.